The zero-order chi connectivity index (χ0) is 11.7. The molecule has 1 heterocycles. The third-order valence-electron chi connectivity index (χ3n) is 2.98. The lowest BCUT2D eigenvalue weighted by Crippen LogP contribution is -3.00. The summed E-state index contributed by atoms with van der Waals surface area (Å²) >= 11 is 0. The molecule has 2 rings (SSSR count). The average molecular weight is 295 g/mol. The number of H-pyrrole nitrogens is 1. The molecule has 0 saturated carbocycles. The molecule has 0 aliphatic rings. The van der Waals surface area contributed by atoms with Crippen LogP contribution >= 0.6 is 0 Å². The van der Waals surface area contributed by atoms with E-state index in [2.05, 4.69) is 55.6 Å². The molecule has 2 aromatic rings. The lowest BCUT2D eigenvalue weighted by molar-refractivity contribution is -0.603. The molecule has 0 fully saturated rings. The Kier molecular flexibility index (Phi) is 4.52. The number of halogens is 1. The highest BCUT2D eigenvalue weighted by Gasteiger charge is 2.15. The van der Waals surface area contributed by atoms with Gasteiger partial charge in [0.25, 0.3) is 5.82 Å². The van der Waals surface area contributed by atoms with E-state index in [1.165, 1.54) is 28.2 Å². The Morgan fingerprint density at radius 3 is 2.24 bits per heavy atom. The van der Waals surface area contributed by atoms with Gasteiger partial charge in [-0.05, 0) is 31.9 Å². The summed E-state index contributed by atoms with van der Waals surface area (Å²) in [5.74, 6) is 1.25. The second-order valence-electron chi connectivity index (χ2n) is 4.38. The molecule has 1 aromatic heterocycles. The first-order valence-corrected chi connectivity index (χ1v) is 5.79. The highest BCUT2D eigenvalue weighted by molar-refractivity contribution is 5.43. The van der Waals surface area contributed by atoms with E-state index in [4.69, 9.17) is 0 Å². The summed E-state index contributed by atoms with van der Waals surface area (Å²) in [6.07, 6.45) is 5.11. The zero-order valence-corrected chi connectivity index (χ0v) is 12.4. The second-order valence-corrected chi connectivity index (χ2v) is 4.38. The van der Waals surface area contributed by atoms with E-state index in [1.54, 1.807) is 0 Å². The maximum Gasteiger partial charge on any atom is 0.259 e. The Morgan fingerprint density at radius 1 is 1.12 bits per heavy atom. The minimum atomic E-state index is 0. The van der Waals surface area contributed by atoms with Crippen molar-refractivity contribution in [3.63, 3.8) is 0 Å². The Balaban J connectivity index is 0.00000144. The minimum absolute atomic E-state index is 0. The van der Waals surface area contributed by atoms with Gasteiger partial charge in [0, 0.05) is 6.42 Å². The van der Waals surface area contributed by atoms with Gasteiger partial charge in [0.2, 0.25) is 0 Å². The first-order chi connectivity index (χ1) is 7.63. The largest absolute Gasteiger partial charge is 1.00 e. The summed E-state index contributed by atoms with van der Waals surface area (Å²) in [6.45, 7) is 8.66. The van der Waals surface area contributed by atoms with Crippen LogP contribution in [0, 0.1) is 20.8 Å². The lowest BCUT2D eigenvalue weighted by Gasteiger charge is -2.08. The third kappa shape index (κ3) is 2.60. The standard InChI is InChI=1S/C14H18N2.BrH/c1-5-13-15-6-7-16(13)14-11(3)8-10(2)9-12(14)4;/h6-9H,5H2,1-4H3;1H. The van der Waals surface area contributed by atoms with Crippen LogP contribution in [0.2, 0.25) is 0 Å². The Hall–Kier alpha value is -1.09. The zero-order valence-electron chi connectivity index (χ0n) is 10.8. The van der Waals surface area contributed by atoms with Crippen molar-refractivity contribution in [2.45, 2.75) is 34.1 Å². The van der Waals surface area contributed by atoms with E-state index >= 15 is 0 Å². The second kappa shape index (κ2) is 5.50. The summed E-state index contributed by atoms with van der Waals surface area (Å²) in [4.78, 5) is 3.29. The molecule has 0 bridgehead atoms. The molecule has 0 radical (unpaired) electrons. The van der Waals surface area contributed by atoms with Crippen molar-refractivity contribution in [3.05, 3.63) is 47.0 Å². The van der Waals surface area contributed by atoms with Crippen LogP contribution in [0.4, 0.5) is 0 Å². The van der Waals surface area contributed by atoms with Crippen molar-refractivity contribution in [1.29, 1.82) is 0 Å². The van der Waals surface area contributed by atoms with Crippen LogP contribution in [0.1, 0.15) is 29.4 Å². The number of hydrogen-bond donors (Lipinski definition) is 1. The van der Waals surface area contributed by atoms with E-state index in [0.717, 1.165) is 6.42 Å². The maximum absolute atomic E-state index is 3.29. The number of aryl methyl sites for hydroxylation is 4. The predicted molar refractivity (Wildman–Crippen MR) is 65.9 cm³/mol. The minimum Gasteiger partial charge on any atom is -1.00 e. The van der Waals surface area contributed by atoms with Gasteiger partial charge >= 0.3 is 0 Å². The number of nitrogens with zero attached hydrogens (tertiary/aromatic N) is 1. The number of hydrogen-bond acceptors (Lipinski definition) is 0. The van der Waals surface area contributed by atoms with E-state index in [1.807, 2.05) is 6.20 Å². The molecule has 1 aromatic carbocycles. The Bertz CT molecular complexity index is 492. The van der Waals surface area contributed by atoms with E-state index in [-0.39, 0.29) is 17.0 Å². The van der Waals surface area contributed by atoms with Gasteiger partial charge in [0.1, 0.15) is 18.1 Å². The number of aromatic nitrogens is 2. The fourth-order valence-corrected chi connectivity index (χ4v) is 2.40. The number of aromatic amines is 1. The molecular formula is C14H19BrN2. The normalized spacial score (nSPS) is 10.1. The summed E-state index contributed by atoms with van der Waals surface area (Å²) in [7, 11) is 0. The molecule has 0 aliphatic carbocycles. The van der Waals surface area contributed by atoms with Crippen molar-refractivity contribution >= 4 is 0 Å². The molecule has 0 aliphatic heterocycles. The molecule has 0 amide bonds. The number of rotatable bonds is 2. The van der Waals surface area contributed by atoms with Crippen molar-refractivity contribution in [1.82, 2.24) is 4.98 Å². The van der Waals surface area contributed by atoms with Gasteiger partial charge in [-0.3, -0.25) is 0 Å². The fraction of sp³-hybridized carbons (Fsp3) is 0.357. The highest BCUT2D eigenvalue weighted by atomic mass is 79.9. The van der Waals surface area contributed by atoms with Crippen LogP contribution in [0.25, 0.3) is 5.69 Å². The molecule has 3 heteroatoms. The summed E-state index contributed by atoms with van der Waals surface area (Å²) in [6, 6.07) is 4.48. The molecule has 17 heavy (non-hydrogen) atoms. The molecule has 1 N–H and O–H groups in total. The smallest absolute Gasteiger partial charge is 0.259 e. The third-order valence-corrected chi connectivity index (χ3v) is 2.98. The summed E-state index contributed by atoms with van der Waals surface area (Å²) < 4.78 is 2.25. The van der Waals surface area contributed by atoms with Crippen LogP contribution in [0.15, 0.2) is 24.5 Å². The summed E-state index contributed by atoms with van der Waals surface area (Å²) in [5.41, 5.74) is 5.30. The molecule has 0 saturated heterocycles. The lowest BCUT2D eigenvalue weighted by atomic mass is 10.0. The van der Waals surface area contributed by atoms with E-state index < -0.39 is 0 Å². The van der Waals surface area contributed by atoms with Gasteiger partial charge in [-0.1, -0.05) is 24.6 Å². The van der Waals surface area contributed by atoms with Crippen molar-refractivity contribution in [2.75, 3.05) is 0 Å². The maximum atomic E-state index is 3.29. The SMILES string of the molecule is CCc1[nH]cc[n+]1-c1c(C)cc(C)cc1C.[Br-]. The topological polar surface area (TPSA) is 19.7 Å². The summed E-state index contributed by atoms with van der Waals surface area (Å²) in [5, 5.41) is 0. The number of benzene rings is 1. The predicted octanol–water partition coefficient (Wildman–Crippen LogP) is -0.217. The highest BCUT2D eigenvalue weighted by Crippen LogP contribution is 2.16. The number of imidazole rings is 1. The van der Waals surface area contributed by atoms with E-state index in [9.17, 15) is 0 Å². The molecule has 2 nitrogen and oxygen atoms in total. The van der Waals surface area contributed by atoms with Gasteiger partial charge in [-0.2, -0.15) is 4.57 Å². The fourth-order valence-electron chi connectivity index (χ4n) is 2.40. The van der Waals surface area contributed by atoms with Gasteiger partial charge < -0.3 is 17.0 Å². The molecule has 92 valence electrons. The van der Waals surface area contributed by atoms with Crippen LogP contribution in [-0.4, -0.2) is 4.98 Å². The van der Waals surface area contributed by atoms with Gasteiger partial charge in [0.05, 0.1) is 0 Å². The van der Waals surface area contributed by atoms with Crippen molar-refractivity contribution in [3.8, 4) is 5.69 Å². The van der Waals surface area contributed by atoms with Crippen molar-refractivity contribution in [2.24, 2.45) is 0 Å². The quantitative estimate of drug-likeness (QED) is 0.740. The van der Waals surface area contributed by atoms with Crippen LogP contribution < -0.4 is 21.5 Å². The van der Waals surface area contributed by atoms with Crippen LogP contribution in [0.5, 0.6) is 0 Å². The average Bonchev–Trinajstić information content (AvgIpc) is 2.64. The Labute approximate surface area is 113 Å². The van der Waals surface area contributed by atoms with Gasteiger partial charge in [0.15, 0.2) is 0 Å². The number of nitrogens with one attached hydrogen (secondary N) is 1. The molecule has 0 spiro atoms. The van der Waals surface area contributed by atoms with Crippen LogP contribution in [0.3, 0.4) is 0 Å². The van der Waals surface area contributed by atoms with Crippen molar-refractivity contribution < 1.29 is 21.5 Å². The van der Waals surface area contributed by atoms with Gasteiger partial charge in [-0.25, -0.2) is 4.98 Å². The monoisotopic (exact) mass is 294 g/mol. The molecule has 0 atom stereocenters. The molecule has 0 unspecified atom stereocenters. The van der Waals surface area contributed by atoms with E-state index in [0.29, 0.717) is 0 Å². The first kappa shape index (κ1) is 14.0. The molecular weight excluding hydrogens is 276 g/mol. The van der Waals surface area contributed by atoms with Crippen LogP contribution in [-0.2, 0) is 6.42 Å². The first-order valence-electron chi connectivity index (χ1n) is 5.79. The van der Waals surface area contributed by atoms with Gasteiger partial charge in [-0.15, -0.1) is 0 Å². The Morgan fingerprint density at radius 2 is 1.71 bits per heavy atom.